The number of aliphatic carboxylic acids is 1. The lowest BCUT2D eigenvalue weighted by Gasteiger charge is -2.23. The first-order valence-electron chi connectivity index (χ1n) is 5.98. The molecule has 1 aliphatic rings. The van der Waals surface area contributed by atoms with E-state index in [1.807, 2.05) is 6.07 Å². The van der Waals surface area contributed by atoms with Crippen molar-refractivity contribution < 1.29 is 19.1 Å². The van der Waals surface area contributed by atoms with Gasteiger partial charge in [0.05, 0.1) is 18.7 Å². The zero-order valence-corrected chi connectivity index (χ0v) is 9.96. The molecule has 1 saturated heterocycles. The van der Waals surface area contributed by atoms with Crippen molar-refractivity contribution in [2.24, 2.45) is 0 Å². The number of hydrogen-bond donors (Lipinski definition) is 2. The molecule has 0 spiro atoms. The van der Waals surface area contributed by atoms with Gasteiger partial charge in [0.2, 0.25) is 0 Å². The second-order valence-corrected chi connectivity index (χ2v) is 4.24. The van der Waals surface area contributed by atoms with Crippen molar-refractivity contribution in [2.75, 3.05) is 13.1 Å². The van der Waals surface area contributed by atoms with E-state index in [1.165, 1.54) is 0 Å². The van der Waals surface area contributed by atoms with E-state index in [1.54, 1.807) is 17.2 Å². The lowest BCUT2D eigenvalue weighted by molar-refractivity contribution is -0.136. The topological polar surface area (TPSA) is 82.8 Å². The fourth-order valence-corrected chi connectivity index (χ4v) is 2.16. The van der Waals surface area contributed by atoms with E-state index >= 15 is 0 Å². The Morgan fingerprint density at radius 2 is 2.39 bits per heavy atom. The monoisotopic (exact) mass is 252 g/mol. The second kappa shape index (κ2) is 5.57. The van der Waals surface area contributed by atoms with Crippen LogP contribution < -0.4 is 5.32 Å². The molecule has 0 saturated carbocycles. The molecule has 6 heteroatoms. The van der Waals surface area contributed by atoms with Gasteiger partial charge < -0.3 is 19.7 Å². The van der Waals surface area contributed by atoms with E-state index in [-0.39, 0.29) is 25.0 Å². The van der Waals surface area contributed by atoms with Crippen LogP contribution in [0, 0.1) is 0 Å². The van der Waals surface area contributed by atoms with E-state index in [4.69, 9.17) is 9.52 Å². The van der Waals surface area contributed by atoms with Crippen LogP contribution in [-0.2, 0) is 4.79 Å². The molecule has 1 unspecified atom stereocenters. The SMILES string of the molecule is O=C(O)CCNC(=O)N1CCCC1c1ccco1. The van der Waals surface area contributed by atoms with E-state index in [0.29, 0.717) is 6.54 Å². The van der Waals surface area contributed by atoms with Crippen molar-refractivity contribution in [3.63, 3.8) is 0 Å². The summed E-state index contributed by atoms with van der Waals surface area (Å²) in [6.45, 7) is 0.819. The van der Waals surface area contributed by atoms with Crippen molar-refractivity contribution in [1.29, 1.82) is 0 Å². The van der Waals surface area contributed by atoms with Crippen molar-refractivity contribution in [2.45, 2.75) is 25.3 Å². The van der Waals surface area contributed by atoms with Crippen LogP contribution in [-0.4, -0.2) is 35.1 Å². The molecule has 1 aliphatic heterocycles. The van der Waals surface area contributed by atoms with Crippen LogP contribution in [0.5, 0.6) is 0 Å². The summed E-state index contributed by atoms with van der Waals surface area (Å²) in [6.07, 6.45) is 3.33. The number of furan rings is 1. The standard InChI is InChI=1S/C12H16N2O4/c15-11(16)5-6-13-12(17)14-7-1-3-9(14)10-4-2-8-18-10/h2,4,8-9H,1,3,5-7H2,(H,13,17)(H,15,16). The summed E-state index contributed by atoms with van der Waals surface area (Å²) in [5, 5.41) is 11.1. The molecular weight excluding hydrogens is 236 g/mol. The molecule has 2 heterocycles. The highest BCUT2D eigenvalue weighted by Gasteiger charge is 2.31. The van der Waals surface area contributed by atoms with Gasteiger partial charge in [-0.3, -0.25) is 4.79 Å². The minimum atomic E-state index is -0.917. The number of rotatable bonds is 4. The fraction of sp³-hybridized carbons (Fsp3) is 0.500. The Balaban J connectivity index is 1.91. The number of nitrogens with zero attached hydrogens (tertiary/aromatic N) is 1. The summed E-state index contributed by atoms with van der Waals surface area (Å²) in [5.74, 6) is -0.139. The molecule has 18 heavy (non-hydrogen) atoms. The molecular formula is C12H16N2O4. The molecule has 1 aromatic rings. The van der Waals surface area contributed by atoms with Crippen molar-refractivity contribution in [3.05, 3.63) is 24.2 Å². The maximum absolute atomic E-state index is 11.9. The number of hydrogen-bond acceptors (Lipinski definition) is 3. The van der Waals surface area contributed by atoms with Gasteiger partial charge >= 0.3 is 12.0 Å². The average Bonchev–Trinajstić information content (AvgIpc) is 2.99. The zero-order valence-electron chi connectivity index (χ0n) is 9.96. The predicted molar refractivity (Wildman–Crippen MR) is 63.0 cm³/mol. The minimum absolute atomic E-state index is 0.0372. The predicted octanol–water partition coefficient (Wildman–Crippen LogP) is 1.60. The first-order valence-corrected chi connectivity index (χ1v) is 5.98. The van der Waals surface area contributed by atoms with Gasteiger partial charge in [-0.2, -0.15) is 0 Å². The summed E-state index contributed by atoms with van der Waals surface area (Å²) >= 11 is 0. The summed E-state index contributed by atoms with van der Waals surface area (Å²) in [7, 11) is 0. The number of urea groups is 1. The third-order valence-corrected chi connectivity index (χ3v) is 3.00. The number of carboxylic acid groups (broad SMARTS) is 1. The lowest BCUT2D eigenvalue weighted by atomic mass is 10.2. The smallest absolute Gasteiger partial charge is 0.318 e. The van der Waals surface area contributed by atoms with Crippen molar-refractivity contribution in [1.82, 2.24) is 10.2 Å². The lowest BCUT2D eigenvalue weighted by Crippen LogP contribution is -2.40. The Hall–Kier alpha value is -1.98. The first kappa shape index (κ1) is 12.5. The maximum Gasteiger partial charge on any atom is 0.318 e. The number of carboxylic acids is 1. The highest BCUT2D eigenvalue weighted by atomic mass is 16.4. The second-order valence-electron chi connectivity index (χ2n) is 4.24. The van der Waals surface area contributed by atoms with E-state index < -0.39 is 5.97 Å². The highest BCUT2D eigenvalue weighted by Crippen LogP contribution is 2.31. The van der Waals surface area contributed by atoms with Crippen LogP contribution >= 0.6 is 0 Å². The Kier molecular flexibility index (Phi) is 3.86. The van der Waals surface area contributed by atoms with Crippen molar-refractivity contribution in [3.8, 4) is 0 Å². The molecule has 1 atom stereocenters. The van der Waals surface area contributed by atoms with Crippen LogP contribution in [0.2, 0.25) is 0 Å². The molecule has 0 radical (unpaired) electrons. The van der Waals surface area contributed by atoms with E-state index in [2.05, 4.69) is 5.32 Å². The molecule has 2 amide bonds. The summed E-state index contributed by atoms with van der Waals surface area (Å²) in [6, 6.07) is 3.39. The fourth-order valence-electron chi connectivity index (χ4n) is 2.16. The van der Waals surface area contributed by atoms with Gasteiger partial charge in [-0.1, -0.05) is 0 Å². The summed E-state index contributed by atoms with van der Waals surface area (Å²) in [5.41, 5.74) is 0. The molecule has 0 bridgehead atoms. The Bertz CT molecular complexity index is 416. The van der Waals surface area contributed by atoms with Crippen LogP contribution in [0.25, 0.3) is 0 Å². The van der Waals surface area contributed by atoms with Gasteiger partial charge in [-0.25, -0.2) is 4.79 Å². The normalized spacial score (nSPS) is 18.9. The highest BCUT2D eigenvalue weighted by molar-refractivity contribution is 5.76. The average molecular weight is 252 g/mol. The van der Waals surface area contributed by atoms with Crippen molar-refractivity contribution >= 4 is 12.0 Å². The maximum atomic E-state index is 11.9. The Morgan fingerprint density at radius 1 is 1.56 bits per heavy atom. The van der Waals surface area contributed by atoms with E-state index in [9.17, 15) is 9.59 Å². The third-order valence-electron chi connectivity index (χ3n) is 3.00. The van der Waals surface area contributed by atoms with Gasteiger partial charge in [-0.15, -0.1) is 0 Å². The van der Waals surface area contributed by atoms with Gasteiger partial charge in [0.25, 0.3) is 0 Å². The van der Waals surface area contributed by atoms with Crippen LogP contribution in [0.1, 0.15) is 31.1 Å². The van der Waals surface area contributed by atoms with Gasteiger partial charge in [0.1, 0.15) is 5.76 Å². The third kappa shape index (κ3) is 2.82. The number of carbonyl (C=O) groups is 2. The van der Waals surface area contributed by atoms with Gasteiger partial charge in [0, 0.05) is 13.1 Å². The molecule has 2 N–H and O–H groups in total. The zero-order chi connectivity index (χ0) is 13.0. The minimum Gasteiger partial charge on any atom is -0.481 e. The first-order chi connectivity index (χ1) is 8.68. The largest absolute Gasteiger partial charge is 0.481 e. The molecule has 0 aromatic carbocycles. The number of amides is 2. The molecule has 1 aromatic heterocycles. The molecule has 0 aliphatic carbocycles. The summed E-state index contributed by atoms with van der Waals surface area (Å²) < 4.78 is 5.32. The molecule has 6 nitrogen and oxygen atoms in total. The van der Waals surface area contributed by atoms with E-state index in [0.717, 1.165) is 18.6 Å². The Morgan fingerprint density at radius 3 is 3.06 bits per heavy atom. The molecule has 2 rings (SSSR count). The quantitative estimate of drug-likeness (QED) is 0.852. The van der Waals surface area contributed by atoms with Crippen LogP contribution in [0.4, 0.5) is 4.79 Å². The number of nitrogens with one attached hydrogen (secondary N) is 1. The van der Waals surface area contributed by atoms with Crippen LogP contribution in [0.15, 0.2) is 22.8 Å². The molecule has 98 valence electrons. The van der Waals surface area contributed by atoms with Crippen LogP contribution in [0.3, 0.4) is 0 Å². The summed E-state index contributed by atoms with van der Waals surface area (Å²) in [4.78, 5) is 24.0. The molecule has 1 fully saturated rings. The van der Waals surface area contributed by atoms with Gasteiger partial charge in [0.15, 0.2) is 0 Å². The van der Waals surface area contributed by atoms with Gasteiger partial charge in [-0.05, 0) is 25.0 Å². The number of carbonyl (C=O) groups excluding carboxylic acids is 1. The Labute approximate surface area is 105 Å². The number of likely N-dealkylation sites (tertiary alicyclic amines) is 1.